The van der Waals surface area contributed by atoms with Crippen LogP contribution < -0.4 is 5.73 Å². The lowest BCUT2D eigenvalue weighted by atomic mass is 10.2. The fourth-order valence-corrected chi connectivity index (χ4v) is 3.00. The van der Waals surface area contributed by atoms with E-state index >= 15 is 0 Å². The molecular formula is C10H17N3O4S. The van der Waals surface area contributed by atoms with Crippen molar-refractivity contribution >= 4 is 15.9 Å². The van der Waals surface area contributed by atoms with Gasteiger partial charge in [-0.1, -0.05) is 19.0 Å². The van der Waals surface area contributed by atoms with Crippen molar-refractivity contribution in [3.05, 3.63) is 18.0 Å². The van der Waals surface area contributed by atoms with Crippen LogP contribution in [0.4, 0.5) is 0 Å². The second kappa shape index (κ2) is 5.96. The van der Waals surface area contributed by atoms with Crippen molar-refractivity contribution in [2.75, 3.05) is 13.1 Å². The first-order chi connectivity index (χ1) is 8.31. The van der Waals surface area contributed by atoms with Crippen LogP contribution in [0.3, 0.4) is 0 Å². The molecule has 0 aliphatic carbocycles. The normalized spacial score (nSPS) is 12.2. The molecule has 8 heteroatoms. The molecule has 1 aromatic rings. The van der Waals surface area contributed by atoms with Crippen LogP contribution in [0.2, 0.25) is 0 Å². The van der Waals surface area contributed by atoms with Crippen LogP contribution in [0.1, 0.15) is 19.5 Å². The molecule has 0 saturated carbocycles. The highest BCUT2D eigenvalue weighted by atomic mass is 32.2. The number of rotatable bonds is 7. The monoisotopic (exact) mass is 275 g/mol. The van der Waals surface area contributed by atoms with Crippen LogP contribution in [-0.4, -0.2) is 36.9 Å². The van der Waals surface area contributed by atoms with Gasteiger partial charge in [0, 0.05) is 12.6 Å². The Morgan fingerprint density at radius 3 is 2.67 bits per heavy atom. The van der Waals surface area contributed by atoms with Gasteiger partial charge in [-0.3, -0.25) is 4.79 Å². The molecule has 1 aromatic heterocycles. The summed E-state index contributed by atoms with van der Waals surface area (Å²) in [6.45, 7) is 3.64. The average Bonchev–Trinajstić information content (AvgIpc) is 2.67. The summed E-state index contributed by atoms with van der Waals surface area (Å²) < 4.78 is 29.9. The molecule has 0 spiro atoms. The molecule has 0 saturated heterocycles. The lowest BCUT2D eigenvalue weighted by molar-refractivity contribution is -0.118. The molecular weight excluding hydrogens is 258 g/mol. The van der Waals surface area contributed by atoms with E-state index in [1.54, 1.807) is 0 Å². The van der Waals surface area contributed by atoms with Gasteiger partial charge in [-0.15, -0.1) is 0 Å². The Morgan fingerprint density at radius 2 is 2.22 bits per heavy atom. The van der Waals surface area contributed by atoms with Crippen molar-refractivity contribution in [3.63, 3.8) is 0 Å². The number of nitrogens with zero attached hydrogens (tertiary/aromatic N) is 2. The van der Waals surface area contributed by atoms with E-state index < -0.39 is 15.9 Å². The number of hydrogen-bond donors (Lipinski definition) is 1. The minimum absolute atomic E-state index is 0.0939. The Morgan fingerprint density at radius 1 is 1.56 bits per heavy atom. The first kappa shape index (κ1) is 14.7. The molecule has 2 N–H and O–H groups in total. The standard InChI is InChI=1S/C10H17N3O4S/c1-8(2)5-13(6-10(11)14)18(15,16)7-9-3-4-17-12-9/h3-4,8H,5-7H2,1-2H3,(H2,11,14). The summed E-state index contributed by atoms with van der Waals surface area (Å²) in [5.41, 5.74) is 5.36. The summed E-state index contributed by atoms with van der Waals surface area (Å²) in [7, 11) is -3.63. The van der Waals surface area contributed by atoms with Gasteiger partial charge in [-0.05, 0) is 5.92 Å². The van der Waals surface area contributed by atoms with Gasteiger partial charge in [0.1, 0.15) is 12.0 Å². The maximum atomic E-state index is 12.1. The van der Waals surface area contributed by atoms with Crippen LogP contribution in [0.5, 0.6) is 0 Å². The molecule has 1 heterocycles. The number of primary amides is 1. The highest BCUT2D eigenvalue weighted by molar-refractivity contribution is 7.88. The van der Waals surface area contributed by atoms with Crippen molar-refractivity contribution in [2.24, 2.45) is 11.7 Å². The van der Waals surface area contributed by atoms with Gasteiger partial charge in [0.2, 0.25) is 15.9 Å². The number of sulfonamides is 1. The number of aromatic nitrogens is 1. The Balaban J connectivity index is 2.85. The van der Waals surface area contributed by atoms with E-state index in [0.717, 1.165) is 4.31 Å². The molecule has 1 rings (SSSR count). The molecule has 0 aliphatic rings. The number of carbonyl (C=O) groups is 1. The Bertz CT molecular complexity index is 481. The zero-order valence-electron chi connectivity index (χ0n) is 10.4. The van der Waals surface area contributed by atoms with E-state index in [2.05, 4.69) is 9.68 Å². The molecule has 0 unspecified atom stereocenters. The SMILES string of the molecule is CC(C)CN(CC(N)=O)S(=O)(=O)Cc1ccon1. The smallest absolute Gasteiger partial charge is 0.232 e. The zero-order chi connectivity index (χ0) is 13.8. The molecule has 7 nitrogen and oxygen atoms in total. The van der Waals surface area contributed by atoms with E-state index in [4.69, 9.17) is 5.73 Å². The summed E-state index contributed by atoms with van der Waals surface area (Å²) in [5.74, 6) is -0.889. The summed E-state index contributed by atoms with van der Waals surface area (Å²) in [6.07, 6.45) is 1.30. The van der Waals surface area contributed by atoms with Crippen molar-refractivity contribution < 1.29 is 17.7 Å². The van der Waals surface area contributed by atoms with E-state index in [1.165, 1.54) is 12.3 Å². The van der Waals surface area contributed by atoms with E-state index in [9.17, 15) is 13.2 Å². The zero-order valence-corrected chi connectivity index (χ0v) is 11.2. The van der Waals surface area contributed by atoms with E-state index in [0.29, 0.717) is 5.69 Å². The van der Waals surface area contributed by atoms with Crippen molar-refractivity contribution in [3.8, 4) is 0 Å². The topological polar surface area (TPSA) is 106 Å². The fraction of sp³-hybridized carbons (Fsp3) is 0.600. The van der Waals surface area contributed by atoms with Gasteiger partial charge in [0.25, 0.3) is 0 Å². The summed E-state index contributed by atoms with van der Waals surface area (Å²) in [4.78, 5) is 10.9. The molecule has 102 valence electrons. The molecule has 0 aromatic carbocycles. The van der Waals surface area contributed by atoms with Gasteiger partial charge in [-0.2, -0.15) is 4.31 Å². The maximum Gasteiger partial charge on any atom is 0.232 e. The largest absolute Gasteiger partial charge is 0.369 e. The lowest BCUT2D eigenvalue weighted by Crippen LogP contribution is -2.41. The van der Waals surface area contributed by atoms with E-state index in [1.807, 2.05) is 13.8 Å². The second-order valence-electron chi connectivity index (χ2n) is 4.40. The lowest BCUT2D eigenvalue weighted by Gasteiger charge is -2.21. The Labute approximate surface area is 106 Å². The number of carbonyl (C=O) groups excluding carboxylic acids is 1. The van der Waals surface area contributed by atoms with Gasteiger partial charge in [0.15, 0.2) is 0 Å². The van der Waals surface area contributed by atoms with Crippen molar-refractivity contribution in [1.29, 1.82) is 0 Å². The average molecular weight is 275 g/mol. The highest BCUT2D eigenvalue weighted by Crippen LogP contribution is 2.11. The third-order valence-electron chi connectivity index (χ3n) is 2.12. The Hall–Kier alpha value is -1.41. The summed E-state index contributed by atoms with van der Waals surface area (Å²) >= 11 is 0. The van der Waals surface area contributed by atoms with Gasteiger partial charge < -0.3 is 10.3 Å². The van der Waals surface area contributed by atoms with Crippen LogP contribution >= 0.6 is 0 Å². The predicted molar refractivity (Wildman–Crippen MR) is 64.7 cm³/mol. The van der Waals surface area contributed by atoms with Crippen molar-refractivity contribution in [2.45, 2.75) is 19.6 Å². The molecule has 1 amide bonds. The van der Waals surface area contributed by atoms with Crippen LogP contribution in [-0.2, 0) is 20.6 Å². The number of hydrogen-bond acceptors (Lipinski definition) is 5. The second-order valence-corrected chi connectivity index (χ2v) is 6.37. The molecule has 0 atom stereocenters. The molecule has 0 aliphatic heterocycles. The summed E-state index contributed by atoms with van der Waals surface area (Å²) in [6, 6.07) is 1.47. The fourth-order valence-electron chi connectivity index (χ4n) is 1.45. The van der Waals surface area contributed by atoms with Gasteiger partial charge in [-0.25, -0.2) is 8.42 Å². The van der Waals surface area contributed by atoms with E-state index in [-0.39, 0.29) is 24.8 Å². The first-order valence-electron chi connectivity index (χ1n) is 5.46. The van der Waals surface area contributed by atoms with Crippen molar-refractivity contribution in [1.82, 2.24) is 9.46 Å². The first-order valence-corrected chi connectivity index (χ1v) is 7.07. The number of amides is 1. The summed E-state index contributed by atoms with van der Waals surface area (Å²) in [5, 5.41) is 3.55. The van der Waals surface area contributed by atoms with Gasteiger partial charge >= 0.3 is 0 Å². The van der Waals surface area contributed by atoms with Crippen LogP contribution in [0, 0.1) is 5.92 Å². The minimum atomic E-state index is -3.63. The van der Waals surface area contributed by atoms with Gasteiger partial charge in [0.05, 0.1) is 12.2 Å². The maximum absolute atomic E-state index is 12.1. The highest BCUT2D eigenvalue weighted by Gasteiger charge is 2.25. The minimum Gasteiger partial charge on any atom is -0.369 e. The van der Waals surface area contributed by atoms with Crippen LogP contribution in [0.25, 0.3) is 0 Å². The predicted octanol–water partition coefficient (Wildman–Crippen LogP) is -0.0523. The van der Waals surface area contributed by atoms with Crippen LogP contribution in [0.15, 0.2) is 16.9 Å². The molecule has 0 radical (unpaired) electrons. The quantitative estimate of drug-likeness (QED) is 0.750. The third kappa shape index (κ3) is 4.46. The number of nitrogens with two attached hydrogens (primary N) is 1. The Kier molecular flexibility index (Phi) is 4.85. The molecule has 0 fully saturated rings. The molecule has 18 heavy (non-hydrogen) atoms. The molecule has 0 bridgehead atoms. The third-order valence-corrected chi connectivity index (χ3v) is 3.84.